The maximum Gasteiger partial charge on any atom is 0.336 e. The van der Waals surface area contributed by atoms with Crippen molar-refractivity contribution in [1.82, 2.24) is 0 Å². The molecule has 0 radical (unpaired) electrons. The minimum Gasteiger partial charge on any atom is -0.457 e. The molecule has 0 aromatic heterocycles. The summed E-state index contributed by atoms with van der Waals surface area (Å²) in [5.74, 6) is -0.405. The van der Waals surface area contributed by atoms with Crippen LogP contribution in [-0.4, -0.2) is 19.2 Å². The lowest BCUT2D eigenvalue weighted by Gasteiger charge is -2.06. The predicted molar refractivity (Wildman–Crippen MR) is 61.9 cm³/mol. The maximum absolute atomic E-state index is 11.4. The highest BCUT2D eigenvalue weighted by atomic mass is 16.5. The van der Waals surface area contributed by atoms with Gasteiger partial charge in [0.15, 0.2) is 0 Å². The summed E-state index contributed by atoms with van der Waals surface area (Å²) in [5.41, 5.74) is 1.30. The summed E-state index contributed by atoms with van der Waals surface area (Å²) in [7, 11) is 0. The van der Waals surface area contributed by atoms with Crippen LogP contribution in [0.25, 0.3) is 0 Å². The maximum atomic E-state index is 11.4. The fourth-order valence-corrected chi connectivity index (χ4v) is 1.11. The zero-order valence-electron chi connectivity index (χ0n) is 9.44. The lowest BCUT2D eigenvalue weighted by molar-refractivity contribution is -0.140. The minimum atomic E-state index is -0.405. The number of esters is 1. The third-order valence-electron chi connectivity index (χ3n) is 1.98. The van der Waals surface area contributed by atoms with E-state index < -0.39 is 5.97 Å². The predicted octanol–water partition coefficient (Wildman–Crippen LogP) is 2.32. The van der Waals surface area contributed by atoms with Gasteiger partial charge in [0, 0.05) is 6.61 Å². The molecule has 1 aromatic rings. The molecule has 0 amide bonds. The fourth-order valence-electron chi connectivity index (χ4n) is 1.11. The number of carbonyl (C=O) groups excluding carboxylic acids is 1. The van der Waals surface area contributed by atoms with E-state index in [0.717, 1.165) is 5.56 Å². The van der Waals surface area contributed by atoms with Gasteiger partial charge in [0.2, 0.25) is 0 Å². The molecular formula is C13H16O3. The van der Waals surface area contributed by atoms with E-state index in [-0.39, 0.29) is 13.2 Å². The molecule has 0 saturated carbocycles. The average molecular weight is 220 g/mol. The van der Waals surface area contributed by atoms with Gasteiger partial charge in [0.1, 0.15) is 6.61 Å². The highest BCUT2D eigenvalue weighted by molar-refractivity contribution is 5.87. The van der Waals surface area contributed by atoms with E-state index in [4.69, 9.17) is 9.47 Å². The molecule has 3 heteroatoms. The van der Waals surface area contributed by atoms with E-state index in [1.165, 1.54) is 0 Å². The Balaban J connectivity index is 2.32. The van der Waals surface area contributed by atoms with E-state index in [1.54, 1.807) is 0 Å². The van der Waals surface area contributed by atoms with Gasteiger partial charge in [0.25, 0.3) is 0 Å². The smallest absolute Gasteiger partial charge is 0.336 e. The van der Waals surface area contributed by atoms with Crippen LogP contribution < -0.4 is 0 Å². The summed E-state index contributed by atoms with van der Waals surface area (Å²) in [5, 5.41) is 0. The molecule has 0 aliphatic carbocycles. The SMILES string of the molecule is C=C(COCC)C(=O)OCc1ccccc1. The summed E-state index contributed by atoms with van der Waals surface area (Å²) in [4.78, 5) is 11.4. The van der Waals surface area contributed by atoms with Crippen molar-refractivity contribution < 1.29 is 14.3 Å². The highest BCUT2D eigenvalue weighted by Crippen LogP contribution is 2.03. The van der Waals surface area contributed by atoms with Gasteiger partial charge in [-0.15, -0.1) is 0 Å². The van der Waals surface area contributed by atoms with Crippen molar-refractivity contribution in [2.24, 2.45) is 0 Å². The molecule has 3 nitrogen and oxygen atoms in total. The molecule has 0 heterocycles. The van der Waals surface area contributed by atoms with Crippen LogP contribution in [0.4, 0.5) is 0 Å². The first-order valence-electron chi connectivity index (χ1n) is 5.20. The van der Waals surface area contributed by atoms with Crippen molar-refractivity contribution in [3.05, 3.63) is 48.0 Å². The van der Waals surface area contributed by atoms with Crippen LogP contribution in [0.15, 0.2) is 42.5 Å². The van der Waals surface area contributed by atoms with Crippen LogP contribution in [0.5, 0.6) is 0 Å². The van der Waals surface area contributed by atoms with Crippen LogP contribution in [-0.2, 0) is 20.9 Å². The van der Waals surface area contributed by atoms with E-state index >= 15 is 0 Å². The standard InChI is InChI=1S/C13H16O3/c1-3-15-9-11(2)13(14)16-10-12-7-5-4-6-8-12/h4-8H,2-3,9-10H2,1H3. The van der Waals surface area contributed by atoms with Crippen molar-refractivity contribution in [3.8, 4) is 0 Å². The quantitative estimate of drug-likeness (QED) is 0.545. The molecule has 1 rings (SSSR count). The Bertz CT molecular complexity index is 343. The van der Waals surface area contributed by atoms with E-state index in [2.05, 4.69) is 6.58 Å². The number of hydrogen-bond acceptors (Lipinski definition) is 3. The summed E-state index contributed by atoms with van der Waals surface area (Å²) in [6.45, 7) is 6.52. The van der Waals surface area contributed by atoms with Crippen LogP contribution in [0, 0.1) is 0 Å². The number of carbonyl (C=O) groups is 1. The Kier molecular flexibility index (Phi) is 5.29. The summed E-state index contributed by atoms with van der Waals surface area (Å²) in [6, 6.07) is 9.52. The van der Waals surface area contributed by atoms with Gasteiger partial charge < -0.3 is 9.47 Å². The first kappa shape index (κ1) is 12.5. The number of benzene rings is 1. The summed E-state index contributed by atoms with van der Waals surface area (Å²) >= 11 is 0. The monoisotopic (exact) mass is 220 g/mol. The third kappa shape index (κ3) is 4.28. The van der Waals surface area contributed by atoms with Crippen LogP contribution in [0.1, 0.15) is 12.5 Å². The van der Waals surface area contributed by atoms with Crippen LogP contribution in [0.3, 0.4) is 0 Å². The van der Waals surface area contributed by atoms with E-state index in [9.17, 15) is 4.79 Å². The second-order valence-electron chi connectivity index (χ2n) is 3.30. The first-order valence-corrected chi connectivity index (χ1v) is 5.20. The minimum absolute atomic E-state index is 0.226. The molecule has 86 valence electrons. The van der Waals surface area contributed by atoms with Crippen LogP contribution >= 0.6 is 0 Å². The summed E-state index contributed by atoms with van der Waals surface area (Å²) < 4.78 is 10.1. The molecule has 0 unspecified atom stereocenters. The van der Waals surface area contributed by atoms with Crippen LogP contribution in [0.2, 0.25) is 0 Å². The van der Waals surface area contributed by atoms with Crippen molar-refractivity contribution in [3.63, 3.8) is 0 Å². The molecule has 0 spiro atoms. The second-order valence-corrected chi connectivity index (χ2v) is 3.30. The Morgan fingerprint density at radius 2 is 2.00 bits per heavy atom. The Morgan fingerprint density at radius 1 is 1.31 bits per heavy atom. The first-order chi connectivity index (χ1) is 7.74. The Labute approximate surface area is 95.7 Å². The molecule has 0 N–H and O–H groups in total. The molecule has 0 aliphatic rings. The topological polar surface area (TPSA) is 35.5 Å². The Morgan fingerprint density at radius 3 is 2.62 bits per heavy atom. The van der Waals surface area contributed by atoms with Crippen molar-refractivity contribution in [2.45, 2.75) is 13.5 Å². The van der Waals surface area contributed by atoms with Gasteiger partial charge in [0.05, 0.1) is 12.2 Å². The Hall–Kier alpha value is -1.61. The largest absolute Gasteiger partial charge is 0.457 e. The molecule has 0 bridgehead atoms. The molecule has 0 aliphatic heterocycles. The average Bonchev–Trinajstić information content (AvgIpc) is 2.34. The van der Waals surface area contributed by atoms with Gasteiger partial charge in [-0.05, 0) is 12.5 Å². The number of rotatable bonds is 6. The zero-order chi connectivity index (χ0) is 11.8. The van der Waals surface area contributed by atoms with Crippen molar-refractivity contribution in [1.29, 1.82) is 0 Å². The normalized spacial score (nSPS) is 9.81. The molecule has 0 fully saturated rings. The number of ether oxygens (including phenoxy) is 2. The van der Waals surface area contributed by atoms with Gasteiger partial charge >= 0.3 is 5.97 Å². The zero-order valence-corrected chi connectivity index (χ0v) is 9.44. The molecule has 0 atom stereocenters. The molecular weight excluding hydrogens is 204 g/mol. The summed E-state index contributed by atoms with van der Waals surface area (Å²) in [6.07, 6.45) is 0. The van der Waals surface area contributed by atoms with Gasteiger partial charge in [-0.2, -0.15) is 0 Å². The van der Waals surface area contributed by atoms with Gasteiger partial charge in [-0.25, -0.2) is 4.79 Å². The van der Waals surface area contributed by atoms with Gasteiger partial charge in [-0.1, -0.05) is 36.9 Å². The number of hydrogen-bond donors (Lipinski definition) is 0. The second kappa shape index (κ2) is 6.80. The molecule has 1 aromatic carbocycles. The van der Waals surface area contributed by atoms with Crippen molar-refractivity contribution in [2.75, 3.05) is 13.2 Å². The lowest BCUT2D eigenvalue weighted by Crippen LogP contribution is -2.11. The highest BCUT2D eigenvalue weighted by Gasteiger charge is 2.08. The molecule has 0 saturated heterocycles. The van der Waals surface area contributed by atoms with E-state index in [1.807, 2.05) is 37.3 Å². The van der Waals surface area contributed by atoms with Crippen molar-refractivity contribution >= 4 is 5.97 Å². The fraction of sp³-hybridized carbons (Fsp3) is 0.308. The third-order valence-corrected chi connectivity index (χ3v) is 1.98. The van der Waals surface area contributed by atoms with E-state index in [0.29, 0.717) is 12.2 Å². The lowest BCUT2D eigenvalue weighted by atomic mass is 10.2. The van der Waals surface area contributed by atoms with Gasteiger partial charge in [-0.3, -0.25) is 0 Å². The molecule has 16 heavy (non-hydrogen) atoms.